The molecule has 0 saturated carbocycles. The van der Waals surface area contributed by atoms with Gasteiger partial charge in [-0.05, 0) is 23.9 Å². The van der Waals surface area contributed by atoms with Crippen LogP contribution in [0.3, 0.4) is 0 Å². The summed E-state index contributed by atoms with van der Waals surface area (Å²) < 4.78 is 0. The molecule has 26 heavy (non-hydrogen) atoms. The molecule has 1 heterocycles. The fourth-order valence-electron chi connectivity index (χ4n) is 3.14. The summed E-state index contributed by atoms with van der Waals surface area (Å²) in [5.41, 5.74) is 3.34. The fourth-order valence-corrected chi connectivity index (χ4v) is 3.14. The zero-order valence-electron chi connectivity index (χ0n) is 14.5. The lowest BCUT2D eigenvalue weighted by Gasteiger charge is -2.11. The standard InChI is InChI=1S/C22H19N3O/c1-15-19(14-16-8-3-2-4-9-16)21(26)25-22(23-15)24-20-13-7-11-17-10-5-6-12-18(17)20/h2-13H,14H2,1H3,(H2,23,24,25,26). The van der Waals surface area contributed by atoms with Crippen molar-refractivity contribution < 1.29 is 0 Å². The Kier molecular flexibility index (Phi) is 4.23. The number of hydrogen-bond acceptors (Lipinski definition) is 3. The Morgan fingerprint density at radius 1 is 0.923 bits per heavy atom. The summed E-state index contributed by atoms with van der Waals surface area (Å²) in [6, 6.07) is 24.1. The van der Waals surface area contributed by atoms with Gasteiger partial charge in [-0.15, -0.1) is 0 Å². The third kappa shape index (κ3) is 3.22. The van der Waals surface area contributed by atoms with E-state index in [9.17, 15) is 4.79 Å². The molecule has 0 fully saturated rings. The van der Waals surface area contributed by atoms with Gasteiger partial charge in [0.05, 0.1) is 5.69 Å². The molecular weight excluding hydrogens is 322 g/mol. The van der Waals surface area contributed by atoms with Crippen LogP contribution < -0.4 is 10.9 Å². The summed E-state index contributed by atoms with van der Waals surface area (Å²) in [6.07, 6.45) is 0.573. The van der Waals surface area contributed by atoms with Gasteiger partial charge in [-0.3, -0.25) is 9.78 Å². The van der Waals surface area contributed by atoms with Crippen LogP contribution in [0.15, 0.2) is 77.6 Å². The van der Waals surface area contributed by atoms with E-state index in [-0.39, 0.29) is 5.56 Å². The molecule has 4 nitrogen and oxygen atoms in total. The first kappa shape index (κ1) is 16.1. The van der Waals surface area contributed by atoms with Crippen LogP contribution in [0, 0.1) is 6.92 Å². The molecule has 0 saturated heterocycles. The van der Waals surface area contributed by atoms with Crippen molar-refractivity contribution in [1.29, 1.82) is 0 Å². The highest BCUT2D eigenvalue weighted by molar-refractivity contribution is 5.94. The SMILES string of the molecule is Cc1nc(Nc2cccc3ccccc23)[nH]c(=O)c1Cc1ccccc1. The Hall–Kier alpha value is -3.40. The molecule has 0 amide bonds. The molecule has 4 aromatic rings. The Morgan fingerprint density at radius 3 is 2.46 bits per heavy atom. The number of nitrogens with zero attached hydrogens (tertiary/aromatic N) is 1. The van der Waals surface area contributed by atoms with E-state index in [2.05, 4.69) is 27.4 Å². The fraction of sp³-hybridized carbons (Fsp3) is 0.0909. The number of rotatable bonds is 4. The first-order valence-corrected chi connectivity index (χ1v) is 8.59. The Balaban J connectivity index is 1.67. The van der Waals surface area contributed by atoms with Gasteiger partial charge in [-0.25, -0.2) is 4.98 Å². The number of nitrogens with one attached hydrogen (secondary N) is 2. The van der Waals surface area contributed by atoms with Gasteiger partial charge in [-0.1, -0.05) is 66.7 Å². The maximum absolute atomic E-state index is 12.6. The first-order valence-electron chi connectivity index (χ1n) is 8.59. The van der Waals surface area contributed by atoms with E-state index in [4.69, 9.17) is 0 Å². The van der Waals surface area contributed by atoms with Crippen LogP contribution in [0.4, 0.5) is 11.6 Å². The largest absolute Gasteiger partial charge is 0.325 e. The second kappa shape index (κ2) is 6.84. The zero-order valence-corrected chi connectivity index (χ0v) is 14.5. The van der Waals surface area contributed by atoms with Crippen LogP contribution in [0.2, 0.25) is 0 Å². The summed E-state index contributed by atoms with van der Waals surface area (Å²) in [6.45, 7) is 1.88. The highest BCUT2D eigenvalue weighted by Crippen LogP contribution is 2.25. The molecule has 1 aromatic heterocycles. The third-order valence-electron chi connectivity index (χ3n) is 4.49. The van der Waals surface area contributed by atoms with E-state index in [1.54, 1.807) is 0 Å². The molecule has 128 valence electrons. The third-order valence-corrected chi connectivity index (χ3v) is 4.49. The van der Waals surface area contributed by atoms with Gasteiger partial charge in [0, 0.05) is 23.1 Å². The first-order chi connectivity index (χ1) is 12.7. The molecule has 4 rings (SSSR count). The summed E-state index contributed by atoms with van der Waals surface area (Å²) in [5, 5.41) is 5.48. The lowest BCUT2D eigenvalue weighted by molar-refractivity contribution is 0.986. The molecule has 0 bridgehead atoms. The van der Waals surface area contributed by atoms with E-state index in [0.717, 1.165) is 27.7 Å². The minimum Gasteiger partial charge on any atom is -0.325 e. The number of aromatic nitrogens is 2. The number of H-pyrrole nitrogens is 1. The number of benzene rings is 3. The summed E-state index contributed by atoms with van der Waals surface area (Å²) in [5.74, 6) is 0.459. The van der Waals surface area contributed by atoms with Gasteiger partial charge in [0.15, 0.2) is 0 Å². The molecular formula is C22H19N3O. The van der Waals surface area contributed by atoms with Crippen LogP contribution in [0.5, 0.6) is 0 Å². The van der Waals surface area contributed by atoms with Crippen LogP contribution in [-0.4, -0.2) is 9.97 Å². The second-order valence-corrected chi connectivity index (χ2v) is 6.29. The van der Waals surface area contributed by atoms with Crippen LogP contribution in [0.25, 0.3) is 10.8 Å². The molecule has 0 unspecified atom stereocenters. The maximum atomic E-state index is 12.6. The van der Waals surface area contributed by atoms with Gasteiger partial charge < -0.3 is 5.32 Å². The minimum atomic E-state index is -0.107. The zero-order chi connectivity index (χ0) is 17.9. The number of hydrogen-bond donors (Lipinski definition) is 2. The van der Waals surface area contributed by atoms with Crippen molar-refractivity contribution >= 4 is 22.4 Å². The second-order valence-electron chi connectivity index (χ2n) is 6.29. The molecule has 3 aromatic carbocycles. The normalized spacial score (nSPS) is 10.8. The van der Waals surface area contributed by atoms with Crippen LogP contribution in [-0.2, 0) is 6.42 Å². The average Bonchev–Trinajstić information content (AvgIpc) is 2.66. The summed E-state index contributed by atoms with van der Waals surface area (Å²) in [7, 11) is 0. The van der Waals surface area contributed by atoms with Crippen molar-refractivity contribution in [3.05, 3.63) is 100.0 Å². The monoisotopic (exact) mass is 341 g/mol. The molecule has 0 aliphatic carbocycles. The van der Waals surface area contributed by atoms with Gasteiger partial charge in [0.2, 0.25) is 5.95 Å². The lowest BCUT2D eigenvalue weighted by atomic mass is 10.1. The highest BCUT2D eigenvalue weighted by Gasteiger charge is 2.10. The molecule has 0 spiro atoms. The minimum absolute atomic E-state index is 0.107. The topological polar surface area (TPSA) is 57.8 Å². The average molecular weight is 341 g/mol. The maximum Gasteiger partial charge on any atom is 0.256 e. The van der Waals surface area contributed by atoms with E-state index < -0.39 is 0 Å². The molecule has 0 aliphatic rings. The van der Waals surface area contributed by atoms with Crippen molar-refractivity contribution in [1.82, 2.24) is 9.97 Å². The van der Waals surface area contributed by atoms with E-state index >= 15 is 0 Å². The van der Waals surface area contributed by atoms with Crippen molar-refractivity contribution in [3.63, 3.8) is 0 Å². The van der Waals surface area contributed by atoms with Gasteiger partial charge in [0.1, 0.15) is 0 Å². The lowest BCUT2D eigenvalue weighted by Crippen LogP contribution is -2.18. The Labute approximate surface area is 151 Å². The van der Waals surface area contributed by atoms with Crippen molar-refractivity contribution in [2.75, 3.05) is 5.32 Å². The van der Waals surface area contributed by atoms with E-state index in [1.165, 1.54) is 0 Å². The van der Waals surface area contributed by atoms with Crippen molar-refractivity contribution in [2.24, 2.45) is 0 Å². The van der Waals surface area contributed by atoms with Gasteiger partial charge in [-0.2, -0.15) is 0 Å². The van der Waals surface area contributed by atoms with E-state index in [1.807, 2.05) is 67.6 Å². The number of fused-ring (bicyclic) bond motifs is 1. The smallest absolute Gasteiger partial charge is 0.256 e. The molecule has 0 atom stereocenters. The molecule has 0 radical (unpaired) electrons. The Bertz CT molecular complexity index is 1110. The van der Waals surface area contributed by atoms with Gasteiger partial charge >= 0.3 is 0 Å². The highest BCUT2D eigenvalue weighted by atomic mass is 16.1. The number of anilines is 2. The van der Waals surface area contributed by atoms with Gasteiger partial charge in [0.25, 0.3) is 5.56 Å². The Morgan fingerprint density at radius 2 is 1.65 bits per heavy atom. The van der Waals surface area contributed by atoms with Crippen molar-refractivity contribution in [2.45, 2.75) is 13.3 Å². The van der Waals surface area contributed by atoms with Crippen LogP contribution >= 0.6 is 0 Å². The van der Waals surface area contributed by atoms with Crippen molar-refractivity contribution in [3.8, 4) is 0 Å². The number of aryl methyl sites for hydroxylation is 1. The van der Waals surface area contributed by atoms with E-state index in [0.29, 0.717) is 17.9 Å². The molecule has 2 N–H and O–H groups in total. The molecule has 4 heteroatoms. The quantitative estimate of drug-likeness (QED) is 0.572. The predicted octanol–water partition coefficient (Wildman–Crippen LogP) is 4.57. The summed E-state index contributed by atoms with van der Waals surface area (Å²) >= 11 is 0. The predicted molar refractivity (Wildman–Crippen MR) is 106 cm³/mol. The van der Waals surface area contributed by atoms with Crippen LogP contribution in [0.1, 0.15) is 16.8 Å². The number of aromatic amines is 1. The summed E-state index contributed by atoms with van der Waals surface area (Å²) in [4.78, 5) is 20.0. The molecule has 0 aliphatic heterocycles.